The van der Waals surface area contributed by atoms with Crippen molar-refractivity contribution in [3.63, 3.8) is 0 Å². The zero-order chi connectivity index (χ0) is 18.8. The fraction of sp³-hybridized carbons (Fsp3) is 0.118. The molecule has 27 heavy (non-hydrogen) atoms. The molecule has 4 heterocycles. The molecule has 0 spiro atoms. The zero-order valence-electron chi connectivity index (χ0n) is 14.2. The minimum absolute atomic E-state index is 0.100. The summed E-state index contributed by atoms with van der Waals surface area (Å²) in [6.45, 7) is 1.71. The Balaban J connectivity index is 1.46. The molecule has 0 saturated carbocycles. The predicted molar refractivity (Wildman–Crippen MR) is 100 cm³/mol. The number of aryl methyl sites for hydroxylation is 1. The molecule has 0 aromatic carbocycles. The van der Waals surface area contributed by atoms with Gasteiger partial charge in [0.1, 0.15) is 10.8 Å². The molecule has 4 aromatic heterocycles. The lowest BCUT2D eigenvalue weighted by molar-refractivity contribution is -0.115. The molecule has 1 amide bonds. The van der Waals surface area contributed by atoms with Crippen molar-refractivity contribution >= 4 is 40.2 Å². The van der Waals surface area contributed by atoms with Crippen molar-refractivity contribution in [2.24, 2.45) is 0 Å². The van der Waals surface area contributed by atoms with Gasteiger partial charge < -0.3 is 9.73 Å². The van der Waals surface area contributed by atoms with Crippen molar-refractivity contribution in [1.29, 1.82) is 0 Å². The lowest BCUT2D eigenvalue weighted by atomic mass is 10.1. The van der Waals surface area contributed by atoms with E-state index >= 15 is 0 Å². The molecular weight excluding hydrogens is 368 g/mol. The monoisotopic (exact) mass is 382 g/mol. The van der Waals surface area contributed by atoms with Crippen LogP contribution in [0.1, 0.15) is 22.0 Å². The molecule has 0 aliphatic heterocycles. The number of fused-ring (bicyclic) bond motifs is 1. The number of furan rings is 1. The van der Waals surface area contributed by atoms with Crippen molar-refractivity contribution < 1.29 is 9.21 Å². The molecular formula is C17H14N6O3S. The number of nitrogens with one attached hydrogen (secondary N) is 2. The molecule has 0 fully saturated rings. The van der Waals surface area contributed by atoms with E-state index in [4.69, 9.17) is 4.42 Å². The van der Waals surface area contributed by atoms with Crippen LogP contribution in [0, 0.1) is 6.92 Å². The molecule has 0 unspecified atom stereocenters. The Morgan fingerprint density at radius 2 is 2.26 bits per heavy atom. The SMILES string of the molecule is Cc1nc2cc[nH]n2c(=O)c1CC(=O)Nc1nnc(/C=C/c2ccco2)s1. The molecule has 136 valence electrons. The van der Waals surface area contributed by atoms with Crippen molar-refractivity contribution in [3.8, 4) is 0 Å². The van der Waals surface area contributed by atoms with Gasteiger partial charge >= 0.3 is 0 Å². The Morgan fingerprint density at radius 1 is 1.37 bits per heavy atom. The first kappa shape index (κ1) is 16.9. The molecule has 0 radical (unpaired) electrons. The van der Waals surface area contributed by atoms with Gasteiger partial charge in [0.05, 0.1) is 12.7 Å². The van der Waals surface area contributed by atoms with Crippen LogP contribution in [0.25, 0.3) is 17.8 Å². The van der Waals surface area contributed by atoms with E-state index in [0.29, 0.717) is 32.8 Å². The van der Waals surface area contributed by atoms with E-state index in [-0.39, 0.29) is 17.9 Å². The number of rotatable bonds is 5. The summed E-state index contributed by atoms with van der Waals surface area (Å²) in [6, 6.07) is 5.29. The summed E-state index contributed by atoms with van der Waals surface area (Å²) in [5.41, 5.74) is 1.07. The number of carbonyl (C=O) groups is 1. The summed E-state index contributed by atoms with van der Waals surface area (Å²) in [7, 11) is 0. The Morgan fingerprint density at radius 3 is 3.07 bits per heavy atom. The van der Waals surface area contributed by atoms with Gasteiger partial charge in [0.2, 0.25) is 11.0 Å². The predicted octanol–water partition coefficient (Wildman–Crippen LogP) is 2.13. The van der Waals surface area contributed by atoms with Crippen LogP contribution in [0.5, 0.6) is 0 Å². The maximum Gasteiger partial charge on any atom is 0.276 e. The summed E-state index contributed by atoms with van der Waals surface area (Å²) in [5.74, 6) is 0.333. The molecule has 0 atom stereocenters. The van der Waals surface area contributed by atoms with E-state index in [0.717, 1.165) is 0 Å². The lowest BCUT2D eigenvalue weighted by Gasteiger charge is -2.05. The fourth-order valence-corrected chi connectivity index (χ4v) is 3.19. The maximum absolute atomic E-state index is 12.5. The summed E-state index contributed by atoms with van der Waals surface area (Å²) < 4.78 is 6.50. The van der Waals surface area contributed by atoms with Gasteiger partial charge in [-0.15, -0.1) is 10.2 Å². The van der Waals surface area contributed by atoms with Gasteiger partial charge in [-0.2, -0.15) is 0 Å². The summed E-state index contributed by atoms with van der Waals surface area (Å²) in [5, 5.41) is 14.3. The first-order valence-electron chi connectivity index (χ1n) is 8.01. The first-order chi connectivity index (χ1) is 13.1. The molecule has 10 heteroatoms. The molecule has 4 rings (SSSR count). The van der Waals surface area contributed by atoms with Crippen LogP contribution in [0.15, 0.2) is 39.9 Å². The second kappa shape index (κ2) is 7.00. The summed E-state index contributed by atoms with van der Waals surface area (Å²) in [6.07, 6.45) is 6.59. The van der Waals surface area contributed by atoms with Gasteiger partial charge in [-0.1, -0.05) is 11.3 Å². The second-order valence-corrected chi connectivity index (χ2v) is 6.67. The number of nitrogens with zero attached hydrogens (tertiary/aromatic N) is 4. The molecule has 2 N–H and O–H groups in total. The number of aromatic nitrogens is 5. The molecule has 4 aromatic rings. The van der Waals surface area contributed by atoms with E-state index in [9.17, 15) is 9.59 Å². The quantitative estimate of drug-likeness (QED) is 0.546. The molecule has 0 aliphatic rings. The van der Waals surface area contributed by atoms with Gasteiger partial charge in [-0.05, 0) is 31.2 Å². The number of hydrogen-bond donors (Lipinski definition) is 2. The number of aromatic amines is 1. The minimum atomic E-state index is -0.360. The number of H-pyrrole nitrogens is 1. The number of amides is 1. The maximum atomic E-state index is 12.5. The van der Waals surface area contributed by atoms with E-state index in [1.54, 1.807) is 43.7 Å². The average Bonchev–Trinajstić information content (AvgIpc) is 3.38. The average molecular weight is 382 g/mol. The van der Waals surface area contributed by atoms with Crippen LogP contribution >= 0.6 is 11.3 Å². The van der Waals surface area contributed by atoms with E-state index in [1.807, 2.05) is 6.07 Å². The van der Waals surface area contributed by atoms with Crippen LogP contribution in [-0.2, 0) is 11.2 Å². The Kier molecular flexibility index (Phi) is 4.38. The summed E-state index contributed by atoms with van der Waals surface area (Å²) in [4.78, 5) is 29.1. The summed E-state index contributed by atoms with van der Waals surface area (Å²) >= 11 is 1.22. The third kappa shape index (κ3) is 3.55. The molecule has 0 aliphatic carbocycles. The smallest absolute Gasteiger partial charge is 0.276 e. The van der Waals surface area contributed by atoms with Crippen molar-refractivity contribution in [1.82, 2.24) is 24.8 Å². The number of carbonyl (C=O) groups excluding carboxylic acids is 1. The number of hydrogen-bond acceptors (Lipinski definition) is 7. The second-order valence-electron chi connectivity index (χ2n) is 5.66. The Bertz CT molecular complexity index is 1190. The van der Waals surface area contributed by atoms with Crippen LogP contribution in [0.2, 0.25) is 0 Å². The first-order valence-corrected chi connectivity index (χ1v) is 8.82. The largest absolute Gasteiger partial charge is 0.465 e. The van der Waals surface area contributed by atoms with E-state index in [2.05, 4.69) is 25.6 Å². The van der Waals surface area contributed by atoms with Crippen LogP contribution in [-0.4, -0.2) is 30.7 Å². The van der Waals surface area contributed by atoms with Crippen molar-refractivity contribution in [2.75, 3.05) is 5.32 Å². The normalized spacial score (nSPS) is 11.4. The van der Waals surface area contributed by atoms with Crippen LogP contribution in [0.3, 0.4) is 0 Å². The van der Waals surface area contributed by atoms with Gasteiger partial charge in [-0.3, -0.25) is 14.7 Å². The minimum Gasteiger partial charge on any atom is -0.465 e. The van der Waals surface area contributed by atoms with Gasteiger partial charge in [-0.25, -0.2) is 9.50 Å². The Labute approximate surface area is 156 Å². The number of anilines is 1. The van der Waals surface area contributed by atoms with Crippen LogP contribution in [0.4, 0.5) is 5.13 Å². The molecule has 9 nitrogen and oxygen atoms in total. The third-order valence-corrected chi connectivity index (χ3v) is 4.61. The van der Waals surface area contributed by atoms with Gasteiger partial charge in [0.15, 0.2) is 5.65 Å². The zero-order valence-corrected chi connectivity index (χ0v) is 15.0. The molecule has 0 saturated heterocycles. The third-order valence-electron chi connectivity index (χ3n) is 3.80. The van der Waals surface area contributed by atoms with Gasteiger partial charge in [0, 0.05) is 23.5 Å². The van der Waals surface area contributed by atoms with E-state index < -0.39 is 0 Å². The van der Waals surface area contributed by atoms with Crippen molar-refractivity contribution in [2.45, 2.75) is 13.3 Å². The standard InChI is InChI=1S/C17H14N6O3S/c1-10-12(16(25)23-13(19-10)6-7-18-23)9-14(24)20-17-22-21-15(27-17)5-4-11-3-2-8-26-11/h2-8,18H,9H2,1H3,(H,20,22,24)/b5-4+. The topological polar surface area (TPSA) is 118 Å². The highest BCUT2D eigenvalue weighted by Gasteiger charge is 2.15. The fourth-order valence-electron chi connectivity index (χ4n) is 2.53. The van der Waals surface area contributed by atoms with Gasteiger partial charge in [0.25, 0.3) is 5.56 Å². The Hall–Kier alpha value is -3.53. The lowest BCUT2D eigenvalue weighted by Crippen LogP contribution is -2.26. The van der Waals surface area contributed by atoms with Crippen molar-refractivity contribution in [3.05, 3.63) is 63.0 Å². The highest BCUT2D eigenvalue weighted by molar-refractivity contribution is 7.16. The highest BCUT2D eigenvalue weighted by atomic mass is 32.1. The highest BCUT2D eigenvalue weighted by Crippen LogP contribution is 2.18. The molecule has 0 bridgehead atoms. The van der Waals surface area contributed by atoms with E-state index in [1.165, 1.54) is 15.9 Å². The van der Waals surface area contributed by atoms with Crippen LogP contribution < -0.4 is 10.9 Å².